The van der Waals surface area contributed by atoms with Gasteiger partial charge in [-0.1, -0.05) is 13.0 Å². The summed E-state index contributed by atoms with van der Waals surface area (Å²) in [6, 6.07) is 5.81. The number of rotatable bonds is 4. The molecule has 0 bridgehead atoms. The standard InChI is InChI=1S/C13H15NO3/c1-8(13(15)16)3-4-10-5-6-11-12(7-10)17-9(2)14-11/h5-8H,3-4H2,1-2H3,(H,15,16). The van der Waals surface area contributed by atoms with Crippen molar-refractivity contribution >= 4 is 17.1 Å². The maximum Gasteiger partial charge on any atom is 0.306 e. The molecule has 1 aromatic carbocycles. The van der Waals surface area contributed by atoms with E-state index in [1.165, 1.54) is 0 Å². The first-order valence-corrected chi connectivity index (χ1v) is 5.65. The number of fused-ring (bicyclic) bond motifs is 1. The third-order valence-electron chi connectivity index (χ3n) is 2.85. The van der Waals surface area contributed by atoms with Crippen LogP contribution >= 0.6 is 0 Å². The number of aliphatic carboxylic acids is 1. The molecule has 0 saturated carbocycles. The number of nitrogens with zero attached hydrogens (tertiary/aromatic N) is 1. The zero-order chi connectivity index (χ0) is 12.4. The van der Waals surface area contributed by atoms with Gasteiger partial charge in [0.05, 0.1) is 5.92 Å². The number of aromatic nitrogens is 1. The summed E-state index contributed by atoms with van der Waals surface area (Å²) in [7, 11) is 0. The third-order valence-corrected chi connectivity index (χ3v) is 2.85. The lowest BCUT2D eigenvalue weighted by Gasteiger charge is -2.05. The molecular weight excluding hydrogens is 218 g/mol. The quantitative estimate of drug-likeness (QED) is 0.881. The highest BCUT2D eigenvalue weighted by molar-refractivity contribution is 5.73. The van der Waals surface area contributed by atoms with E-state index in [9.17, 15) is 4.79 Å². The largest absolute Gasteiger partial charge is 0.481 e. The molecule has 0 saturated heterocycles. The Labute approximate surface area is 99.3 Å². The molecule has 0 spiro atoms. The van der Waals surface area contributed by atoms with Gasteiger partial charge in [-0.05, 0) is 30.5 Å². The lowest BCUT2D eigenvalue weighted by molar-refractivity contribution is -0.141. The second-order valence-corrected chi connectivity index (χ2v) is 4.31. The Morgan fingerprint density at radius 2 is 2.29 bits per heavy atom. The van der Waals surface area contributed by atoms with Crippen molar-refractivity contribution in [1.82, 2.24) is 4.98 Å². The highest BCUT2D eigenvalue weighted by Crippen LogP contribution is 2.18. The van der Waals surface area contributed by atoms with Crippen LogP contribution < -0.4 is 0 Å². The SMILES string of the molecule is Cc1nc2ccc(CCC(C)C(=O)O)cc2o1. The van der Waals surface area contributed by atoms with E-state index >= 15 is 0 Å². The van der Waals surface area contributed by atoms with Crippen molar-refractivity contribution in [3.63, 3.8) is 0 Å². The van der Waals surface area contributed by atoms with E-state index in [-0.39, 0.29) is 5.92 Å². The average molecular weight is 233 g/mol. The number of carbonyl (C=O) groups is 1. The fraction of sp³-hybridized carbons (Fsp3) is 0.385. The second-order valence-electron chi connectivity index (χ2n) is 4.31. The van der Waals surface area contributed by atoms with Gasteiger partial charge in [0.25, 0.3) is 0 Å². The molecule has 1 N–H and O–H groups in total. The third kappa shape index (κ3) is 2.64. The Hall–Kier alpha value is -1.84. The Bertz CT molecular complexity index is 545. The molecule has 1 atom stereocenters. The maximum atomic E-state index is 10.7. The van der Waals surface area contributed by atoms with Crippen LogP contribution in [-0.2, 0) is 11.2 Å². The normalized spacial score (nSPS) is 12.8. The molecule has 0 radical (unpaired) electrons. The summed E-state index contributed by atoms with van der Waals surface area (Å²) >= 11 is 0. The van der Waals surface area contributed by atoms with Crippen LogP contribution in [0.5, 0.6) is 0 Å². The van der Waals surface area contributed by atoms with E-state index in [1.807, 2.05) is 25.1 Å². The molecule has 0 amide bonds. The van der Waals surface area contributed by atoms with Crippen LogP contribution in [0.1, 0.15) is 24.8 Å². The fourth-order valence-corrected chi connectivity index (χ4v) is 1.75. The predicted molar refractivity (Wildman–Crippen MR) is 63.9 cm³/mol. The van der Waals surface area contributed by atoms with E-state index in [0.717, 1.165) is 23.1 Å². The van der Waals surface area contributed by atoms with Crippen LogP contribution in [0.25, 0.3) is 11.1 Å². The summed E-state index contributed by atoms with van der Waals surface area (Å²) < 4.78 is 5.44. The van der Waals surface area contributed by atoms with Gasteiger partial charge in [0.15, 0.2) is 11.5 Å². The van der Waals surface area contributed by atoms with Crippen LogP contribution in [0, 0.1) is 12.8 Å². The molecule has 2 aromatic rings. The second kappa shape index (κ2) is 4.57. The molecule has 0 aliphatic carbocycles. The zero-order valence-corrected chi connectivity index (χ0v) is 9.93. The zero-order valence-electron chi connectivity index (χ0n) is 9.93. The van der Waals surface area contributed by atoms with Crippen molar-refractivity contribution < 1.29 is 14.3 Å². The van der Waals surface area contributed by atoms with Crippen molar-refractivity contribution in [1.29, 1.82) is 0 Å². The first kappa shape index (κ1) is 11.6. The molecule has 4 heteroatoms. The minimum atomic E-state index is -0.749. The van der Waals surface area contributed by atoms with Crippen LogP contribution in [-0.4, -0.2) is 16.1 Å². The molecule has 2 rings (SSSR count). The minimum Gasteiger partial charge on any atom is -0.481 e. The summed E-state index contributed by atoms with van der Waals surface area (Å²) in [5, 5.41) is 8.81. The molecule has 4 nitrogen and oxygen atoms in total. The van der Waals surface area contributed by atoms with Crippen molar-refractivity contribution in [2.75, 3.05) is 0 Å². The van der Waals surface area contributed by atoms with E-state index in [2.05, 4.69) is 4.98 Å². The summed E-state index contributed by atoms with van der Waals surface area (Å²) in [6.45, 7) is 3.53. The maximum absolute atomic E-state index is 10.7. The van der Waals surface area contributed by atoms with Gasteiger partial charge in [0.2, 0.25) is 0 Å². The number of carboxylic acid groups (broad SMARTS) is 1. The van der Waals surface area contributed by atoms with Crippen LogP contribution in [0.2, 0.25) is 0 Å². The Kier molecular flexibility index (Phi) is 3.13. The molecular formula is C13H15NO3. The Morgan fingerprint density at radius 3 is 3.00 bits per heavy atom. The first-order chi connectivity index (χ1) is 8.06. The Morgan fingerprint density at radius 1 is 1.53 bits per heavy atom. The number of oxazole rings is 1. The van der Waals surface area contributed by atoms with E-state index in [0.29, 0.717) is 12.3 Å². The van der Waals surface area contributed by atoms with Crippen molar-refractivity contribution in [2.45, 2.75) is 26.7 Å². The van der Waals surface area contributed by atoms with Crippen molar-refractivity contribution in [3.8, 4) is 0 Å². The Balaban J connectivity index is 2.11. The van der Waals surface area contributed by atoms with Gasteiger partial charge in [-0.25, -0.2) is 4.98 Å². The molecule has 0 aliphatic heterocycles. The molecule has 0 aliphatic rings. The van der Waals surface area contributed by atoms with E-state index in [4.69, 9.17) is 9.52 Å². The van der Waals surface area contributed by atoms with Gasteiger partial charge < -0.3 is 9.52 Å². The van der Waals surface area contributed by atoms with Gasteiger partial charge in [-0.2, -0.15) is 0 Å². The van der Waals surface area contributed by atoms with Gasteiger partial charge in [-0.15, -0.1) is 0 Å². The van der Waals surface area contributed by atoms with E-state index in [1.54, 1.807) is 6.92 Å². The summed E-state index contributed by atoms with van der Waals surface area (Å²) in [6.07, 6.45) is 1.37. The predicted octanol–water partition coefficient (Wildman–Crippen LogP) is 2.79. The lowest BCUT2D eigenvalue weighted by atomic mass is 10.0. The summed E-state index contributed by atoms with van der Waals surface area (Å²) in [5.74, 6) is -0.417. The van der Waals surface area contributed by atoms with Crippen LogP contribution in [0.4, 0.5) is 0 Å². The van der Waals surface area contributed by atoms with Crippen LogP contribution in [0.15, 0.2) is 22.6 Å². The number of hydrogen-bond acceptors (Lipinski definition) is 3. The van der Waals surface area contributed by atoms with E-state index < -0.39 is 5.97 Å². The smallest absolute Gasteiger partial charge is 0.306 e. The molecule has 90 valence electrons. The fourth-order valence-electron chi connectivity index (χ4n) is 1.75. The lowest BCUT2D eigenvalue weighted by Crippen LogP contribution is -2.10. The first-order valence-electron chi connectivity index (χ1n) is 5.65. The number of benzene rings is 1. The van der Waals surface area contributed by atoms with Gasteiger partial charge in [0, 0.05) is 6.92 Å². The monoisotopic (exact) mass is 233 g/mol. The highest BCUT2D eigenvalue weighted by atomic mass is 16.4. The topological polar surface area (TPSA) is 63.3 Å². The van der Waals surface area contributed by atoms with Gasteiger partial charge in [0.1, 0.15) is 5.52 Å². The molecule has 1 aromatic heterocycles. The molecule has 0 fully saturated rings. The summed E-state index contributed by atoms with van der Waals surface area (Å²) in [5.41, 5.74) is 2.70. The average Bonchev–Trinajstić information content (AvgIpc) is 2.64. The van der Waals surface area contributed by atoms with Gasteiger partial charge in [-0.3, -0.25) is 4.79 Å². The molecule has 17 heavy (non-hydrogen) atoms. The molecule has 1 heterocycles. The van der Waals surface area contributed by atoms with Crippen molar-refractivity contribution in [3.05, 3.63) is 29.7 Å². The van der Waals surface area contributed by atoms with Gasteiger partial charge >= 0.3 is 5.97 Å². The number of carboxylic acids is 1. The van der Waals surface area contributed by atoms with Crippen LogP contribution in [0.3, 0.4) is 0 Å². The minimum absolute atomic E-state index is 0.317. The molecule has 1 unspecified atom stereocenters. The highest BCUT2D eigenvalue weighted by Gasteiger charge is 2.11. The van der Waals surface area contributed by atoms with Crippen molar-refractivity contribution in [2.24, 2.45) is 5.92 Å². The number of aryl methyl sites for hydroxylation is 2. The summed E-state index contributed by atoms with van der Waals surface area (Å²) in [4.78, 5) is 14.9. The number of hydrogen-bond donors (Lipinski definition) is 1.